The molecule has 0 saturated heterocycles. The van der Waals surface area contributed by atoms with Crippen LogP contribution in [0.4, 0.5) is 4.79 Å². The van der Waals surface area contributed by atoms with Gasteiger partial charge in [0, 0.05) is 22.5 Å². The number of benzene rings is 2. The van der Waals surface area contributed by atoms with Crippen LogP contribution in [0.15, 0.2) is 59.2 Å². The number of hydrogen-bond donors (Lipinski definition) is 3. The lowest BCUT2D eigenvalue weighted by molar-refractivity contribution is -0.144. The lowest BCUT2D eigenvalue weighted by atomic mass is 9.89. The van der Waals surface area contributed by atoms with E-state index >= 15 is 0 Å². The SMILES string of the molecule is CC(C)[C@H](NC(=O)OCc1ccccc1)C(=O)CC(Cc1c[nH]c2c(Br)cccc12)C(=O)O. The van der Waals surface area contributed by atoms with E-state index in [0.717, 1.165) is 26.5 Å². The average molecular weight is 515 g/mol. The largest absolute Gasteiger partial charge is 0.481 e. The number of rotatable bonds is 10. The molecule has 7 nitrogen and oxygen atoms in total. The number of carboxylic acids is 1. The number of carbonyl (C=O) groups is 3. The van der Waals surface area contributed by atoms with Gasteiger partial charge >= 0.3 is 12.1 Å². The fourth-order valence-electron chi connectivity index (χ4n) is 3.74. The first-order valence-electron chi connectivity index (χ1n) is 10.7. The highest BCUT2D eigenvalue weighted by Gasteiger charge is 2.30. The van der Waals surface area contributed by atoms with Gasteiger partial charge in [0.05, 0.1) is 17.5 Å². The number of ketones is 1. The van der Waals surface area contributed by atoms with Gasteiger partial charge in [-0.1, -0.05) is 56.3 Å². The maximum absolute atomic E-state index is 13.0. The number of fused-ring (bicyclic) bond motifs is 1. The summed E-state index contributed by atoms with van der Waals surface area (Å²) >= 11 is 3.48. The summed E-state index contributed by atoms with van der Waals surface area (Å²) in [6.07, 6.45) is 1.06. The van der Waals surface area contributed by atoms with Gasteiger partial charge in [0.2, 0.25) is 0 Å². The summed E-state index contributed by atoms with van der Waals surface area (Å²) in [6.45, 7) is 3.68. The number of para-hydroxylation sites is 1. The Morgan fingerprint density at radius 1 is 1.09 bits per heavy atom. The van der Waals surface area contributed by atoms with Crippen molar-refractivity contribution in [2.24, 2.45) is 11.8 Å². The van der Waals surface area contributed by atoms with Crippen LogP contribution in [-0.2, 0) is 27.4 Å². The summed E-state index contributed by atoms with van der Waals surface area (Å²) in [5, 5.41) is 13.3. The number of carboxylic acid groups (broad SMARTS) is 1. The number of hydrogen-bond acceptors (Lipinski definition) is 4. The van der Waals surface area contributed by atoms with Crippen LogP contribution in [0.1, 0.15) is 31.4 Å². The second-order valence-corrected chi connectivity index (χ2v) is 9.17. The number of H-pyrrole nitrogens is 1. The van der Waals surface area contributed by atoms with Gasteiger partial charge in [0.1, 0.15) is 6.61 Å². The first-order valence-corrected chi connectivity index (χ1v) is 11.5. The molecule has 8 heteroatoms. The molecule has 1 unspecified atom stereocenters. The maximum atomic E-state index is 13.0. The molecular weight excluding hydrogens is 488 g/mol. The minimum Gasteiger partial charge on any atom is -0.481 e. The van der Waals surface area contributed by atoms with E-state index in [9.17, 15) is 19.5 Å². The molecule has 3 rings (SSSR count). The smallest absolute Gasteiger partial charge is 0.408 e. The Morgan fingerprint density at radius 2 is 1.82 bits per heavy atom. The van der Waals surface area contributed by atoms with Crippen LogP contribution in [0.3, 0.4) is 0 Å². The molecule has 0 aliphatic carbocycles. The van der Waals surface area contributed by atoms with Crippen molar-refractivity contribution in [2.45, 2.75) is 39.3 Å². The zero-order chi connectivity index (χ0) is 24.0. The van der Waals surface area contributed by atoms with Gasteiger partial charge in [-0.3, -0.25) is 9.59 Å². The van der Waals surface area contributed by atoms with Crippen molar-refractivity contribution in [2.75, 3.05) is 0 Å². The standard InChI is InChI=1S/C25H27BrN2O5/c1-15(2)22(28-25(32)33-14-16-7-4-3-5-8-16)21(29)12-17(24(30)31)11-18-13-27-23-19(18)9-6-10-20(23)26/h3-10,13,15,17,22,27H,11-12,14H2,1-2H3,(H,28,32)(H,30,31)/t17?,22-/m0/s1. The normalized spacial score (nSPS) is 13.0. The number of carbonyl (C=O) groups excluding carboxylic acids is 2. The molecule has 2 atom stereocenters. The average Bonchev–Trinajstić information content (AvgIpc) is 3.20. The van der Waals surface area contributed by atoms with E-state index in [4.69, 9.17) is 4.74 Å². The minimum absolute atomic E-state index is 0.0829. The number of amides is 1. The Balaban J connectivity index is 1.65. The van der Waals surface area contributed by atoms with Gasteiger partial charge in [-0.05, 0) is 45.5 Å². The number of ether oxygens (including phenoxy) is 1. The second-order valence-electron chi connectivity index (χ2n) is 8.31. The van der Waals surface area contributed by atoms with Crippen molar-refractivity contribution >= 4 is 44.7 Å². The van der Waals surface area contributed by atoms with Crippen molar-refractivity contribution < 1.29 is 24.2 Å². The van der Waals surface area contributed by atoms with Crippen molar-refractivity contribution in [3.63, 3.8) is 0 Å². The van der Waals surface area contributed by atoms with Gasteiger partial charge in [-0.25, -0.2) is 4.79 Å². The molecule has 0 aliphatic rings. The molecule has 3 aromatic rings. The van der Waals surface area contributed by atoms with Crippen molar-refractivity contribution in [1.82, 2.24) is 10.3 Å². The number of aromatic amines is 1. The Bertz CT molecular complexity index is 1130. The molecule has 0 fully saturated rings. The topological polar surface area (TPSA) is 108 Å². The molecule has 0 saturated carbocycles. The number of halogens is 1. The van der Waals surface area contributed by atoms with Gasteiger partial charge < -0.3 is 20.1 Å². The molecule has 2 aromatic carbocycles. The van der Waals surface area contributed by atoms with Crippen LogP contribution in [0, 0.1) is 11.8 Å². The zero-order valence-electron chi connectivity index (χ0n) is 18.5. The predicted molar refractivity (Wildman–Crippen MR) is 129 cm³/mol. The first-order chi connectivity index (χ1) is 15.8. The fraction of sp³-hybridized carbons (Fsp3) is 0.320. The van der Waals surface area contributed by atoms with Gasteiger partial charge in [-0.2, -0.15) is 0 Å². The highest BCUT2D eigenvalue weighted by Crippen LogP contribution is 2.28. The molecule has 174 valence electrons. The lowest BCUT2D eigenvalue weighted by Crippen LogP contribution is -2.45. The number of Topliss-reactive ketones (excluding diaryl/α,β-unsaturated/α-hetero) is 1. The molecule has 3 N–H and O–H groups in total. The van der Waals surface area contributed by atoms with E-state index in [0.29, 0.717) is 0 Å². The van der Waals surface area contributed by atoms with Crippen LogP contribution >= 0.6 is 15.9 Å². The summed E-state index contributed by atoms with van der Waals surface area (Å²) in [7, 11) is 0. The van der Waals surface area contributed by atoms with Crippen LogP contribution in [0.25, 0.3) is 10.9 Å². The number of aromatic nitrogens is 1. The third-order valence-corrected chi connectivity index (χ3v) is 6.17. The summed E-state index contributed by atoms with van der Waals surface area (Å²) in [6, 6.07) is 14.1. The van der Waals surface area contributed by atoms with Gasteiger partial charge in [0.25, 0.3) is 0 Å². The molecule has 1 amide bonds. The first kappa shape index (κ1) is 24.5. The molecule has 0 spiro atoms. The van der Waals surface area contributed by atoms with Gasteiger partial charge in [-0.15, -0.1) is 0 Å². The molecule has 0 bridgehead atoms. The molecular formula is C25H27BrN2O5. The fourth-order valence-corrected chi connectivity index (χ4v) is 4.22. The Labute approximate surface area is 200 Å². The molecule has 1 aromatic heterocycles. The monoisotopic (exact) mass is 514 g/mol. The third kappa shape index (κ3) is 6.44. The quantitative estimate of drug-likeness (QED) is 0.349. The van der Waals surface area contributed by atoms with E-state index in [1.165, 1.54) is 0 Å². The van der Waals surface area contributed by atoms with E-state index in [-0.39, 0.29) is 31.1 Å². The summed E-state index contributed by atoms with van der Waals surface area (Å²) in [5.74, 6) is -2.53. The maximum Gasteiger partial charge on any atom is 0.408 e. The third-order valence-electron chi connectivity index (χ3n) is 5.51. The summed E-state index contributed by atoms with van der Waals surface area (Å²) in [5.41, 5.74) is 2.53. The Morgan fingerprint density at radius 3 is 2.48 bits per heavy atom. The van der Waals surface area contributed by atoms with Crippen LogP contribution in [0.5, 0.6) is 0 Å². The van der Waals surface area contributed by atoms with Crippen molar-refractivity contribution in [3.8, 4) is 0 Å². The molecule has 1 heterocycles. The Kier molecular flexibility index (Phi) is 8.27. The number of aliphatic carboxylic acids is 1. The van der Waals surface area contributed by atoms with E-state index in [1.807, 2.05) is 48.5 Å². The molecule has 0 aliphatic heterocycles. The number of alkyl carbamates (subject to hydrolysis) is 1. The predicted octanol–water partition coefficient (Wildman–Crippen LogP) is 5.08. The highest BCUT2D eigenvalue weighted by atomic mass is 79.9. The summed E-state index contributed by atoms with van der Waals surface area (Å²) < 4.78 is 6.11. The highest BCUT2D eigenvalue weighted by molar-refractivity contribution is 9.10. The van der Waals surface area contributed by atoms with Crippen molar-refractivity contribution in [3.05, 3.63) is 70.3 Å². The van der Waals surface area contributed by atoms with Crippen LogP contribution in [0.2, 0.25) is 0 Å². The van der Waals surface area contributed by atoms with Crippen molar-refractivity contribution in [1.29, 1.82) is 0 Å². The molecule has 33 heavy (non-hydrogen) atoms. The minimum atomic E-state index is -1.05. The zero-order valence-corrected chi connectivity index (χ0v) is 20.1. The second kappa shape index (κ2) is 11.1. The lowest BCUT2D eigenvalue weighted by Gasteiger charge is -2.22. The van der Waals surface area contributed by atoms with Crippen LogP contribution in [-0.4, -0.2) is 34.0 Å². The van der Waals surface area contributed by atoms with Crippen LogP contribution < -0.4 is 5.32 Å². The Hall–Kier alpha value is -3.13. The molecule has 0 radical (unpaired) electrons. The van der Waals surface area contributed by atoms with Gasteiger partial charge in [0.15, 0.2) is 5.78 Å². The van der Waals surface area contributed by atoms with E-state index in [2.05, 4.69) is 26.2 Å². The van der Waals surface area contributed by atoms with E-state index in [1.54, 1.807) is 20.0 Å². The van der Waals surface area contributed by atoms with E-state index < -0.39 is 24.0 Å². The number of nitrogens with one attached hydrogen (secondary N) is 2. The summed E-state index contributed by atoms with van der Waals surface area (Å²) in [4.78, 5) is 40.4.